The Kier molecular flexibility index (Phi) is 4.36. The van der Waals surface area contributed by atoms with Crippen molar-refractivity contribution in [3.63, 3.8) is 0 Å². The van der Waals surface area contributed by atoms with E-state index in [-0.39, 0.29) is 6.09 Å². The van der Waals surface area contributed by atoms with Crippen LogP contribution in [0, 0.1) is 0 Å². The van der Waals surface area contributed by atoms with Crippen LogP contribution in [0.4, 0.5) is 4.79 Å². The van der Waals surface area contributed by atoms with Crippen molar-refractivity contribution in [1.29, 1.82) is 0 Å². The summed E-state index contributed by atoms with van der Waals surface area (Å²) >= 11 is 0. The molecule has 2 rings (SSSR count). The van der Waals surface area contributed by atoms with Gasteiger partial charge >= 0.3 is 6.09 Å². The summed E-state index contributed by atoms with van der Waals surface area (Å²) in [6.45, 7) is 12.8. The number of amides is 1. The molecule has 110 valence electrons. The largest absolute Gasteiger partial charge is 0.444 e. The predicted octanol–water partition coefficient (Wildman–Crippen LogP) is 1.94. The van der Waals surface area contributed by atoms with E-state index < -0.39 is 5.60 Å². The maximum absolute atomic E-state index is 11.9. The van der Waals surface area contributed by atoms with Crippen molar-refractivity contribution in [2.75, 3.05) is 32.7 Å². The molecule has 0 aromatic heterocycles. The molecule has 1 amide bonds. The Labute approximate surface area is 116 Å². The maximum Gasteiger partial charge on any atom is 0.410 e. The van der Waals surface area contributed by atoms with Gasteiger partial charge < -0.3 is 9.64 Å². The number of carbonyl (C=O) groups excluding carboxylic acids is 1. The van der Waals surface area contributed by atoms with E-state index >= 15 is 0 Å². The van der Waals surface area contributed by atoms with Crippen LogP contribution < -0.4 is 0 Å². The van der Waals surface area contributed by atoms with Crippen LogP contribution in [0.25, 0.3) is 0 Å². The average Bonchev–Trinajstić information content (AvgIpc) is 2.72. The molecule has 2 heterocycles. The van der Waals surface area contributed by atoms with Crippen LogP contribution in [0.15, 0.2) is 0 Å². The second-order valence-electron chi connectivity index (χ2n) is 6.46. The van der Waals surface area contributed by atoms with Gasteiger partial charge in [-0.1, -0.05) is 6.92 Å². The van der Waals surface area contributed by atoms with E-state index in [2.05, 4.69) is 16.9 Å². The smallest absolute Gasteiger partial charge is 0.410 e. The van der Waals surface area contributed by atoms with Crippen molar-refractivity contribution in [2.45, 2.75) is 52.2 Å². The monoisotopic (exact) mass is 269 g/mol. The summed E-state index contributed by atoms with van der Waals surface area (Å²) in [5.41, 5.74) is -0.401. The molecule has 5 heteroatoms. The van der Waals surface area contributed by atoms with Crippen molar-refractivity contribution >= 4 is 6.09 Å². The van der Waals surface area contributed by atoms with E-state index in [4.69, 9.17) is 4.74 Å². The van der Waals surface area contributed by atoms with Gasteiger partial charge in [-0.25, -0.2) is 14.8 Å². The molecular formula is C14H27N3O2. The number of ether oxygens (including phenoxy) is 1. The first-order valence-corrected chi connectivity index (χ1v) is 7.40. The topological polar surface area (TPSA) is 36.0 Å². The van der Waals surface area contributed by atoms with Gasteiger partial charge in [-0.15, -0.1) is 0 Å². The normalized spacial score (nSPS) is 21.8. The number of likely N-dealkylation sites (N-methyl/N-ethyl adjacent to an activating group) is 1. The van der Waals surface area contributed by atoms with Gasteiger partial charge in [0.05, 0.1) is 6.04 Å². The number of nitrogens with zero attached hydrogens (tertiary/aromatic N) is 3. The fourth-order valence-electron chi connectivity index (χ4n) is 2.77. The van der Waals surface area contributed by atoms with Crippen LogP contribution in [0.1, 0.15) is 40.5 Å². The lowest BCUT2D eigenvalue weighted by molar-refractivity contribution is -0.0933. The Hall–Kier alpha value is -0.810. The number of likely N-dealkylation sites (tertiary alicyclic amines) is 1. The third kappa shape index (κ3) is 3.60. The van der Waals surface area contributed by atoms with Gasteiger partial charge in [0, 0.05) is 32.7 Å². The summed E-state index contributed by atoms with van der Waals surface area (Å²) < 4.78 is 5.38. The zero-order valence-corrected chi connectivity index (χ0v) is 12.7. The van der Waals surface area contributed by atoms with Crippen LogP contribution >= 0.6 is 0 Å². The molecule has 0 unspecified atom stereocenters. The minimum atomic E-state index is -0.401. The van der Waals surface area contributed by atoms with Crippen LogP contribution in [-0.4, -0.2) is 65.4 Å². The Morgan fingerprint density at radius 3 is 2.32 bits per heavy atom. The van der Waals surface area contributed by atoms with Gasteiger partial charge in [-0.2, -0.15) is 0 Å². The van der Waals surface area contributed by atoms with Crippen LogP contribution in [-0.2, 0) is 4.74 Å². The van der Waals surface area contributed by atoms with E-state index in [9.17, 15) is 4.79 Å². The van der Waals surface area contributed by atoms with E-state index in [1.54, 1.807) is 4.90 Å². The molecule has 0 aromatic carbocycles. The first-order valence-electron chi connectivity index (χ1n) is 7.40. The van der Waals surface area contributed by atoms with Crippen molar-refractivity contribution < 1.29 is 9.53 Å². The molecule has 2 aliphatic heterocycles. The van der Waals surface area contributed by atoms with E-state index in [1.807, 2.05) is 20.8 Å². The first-order chi connectivity index (χ1) is 8.90. The van der Waals surface area contributed by atoms with Gasteiger partial charge in [0.1, 0.15) is 5.60 Å². The Bertz CT molecular complexity index is 315. The lowest BCUT2D eigenvalue weighted by Gasteiger charge is -2.47. The molecule has 0 aliphatic carbocycles. The first kappa shape index (κ1) is 14.6. The van der Waals surface area contributed by atoms with Crippen LogP contribution in [0.3, 0.4) is 0 Å². The number of hydrogen-bond acceptors (Lipinski definition) is 4. The quantitative estimate of drug-likeness (QED) is 0.784. The molecule has 0 bridgehead atoms. The summed E-state index contributed by atoms with van der Waals surface area (Å²) in [6, 6.07) is 0.468. The fourth-order valence-corrected chi connectivity index (χ4v) is 2.77. The molecular weight excluding hydrogens is 242 g/mol. The summed E-state index contributed by atoms with van der Waals surface area (Å²) in [7, 11) is 0. The van der Waals surface area contributed by atoms with Crippen molar-refractivity contribution in [3.8, 4) is 0 Å². The number of rotatable bonds is 3. The van der Waals surface area contributed by atoms with Crippen LogP contribution in [0.5, 0.6) is 0 Å². The van der Waals surface area contributed by atoms with Crippen molar-refractivity contribution in [1.82, 2.24) is 14.9 Å². The minimum absolute atomic E-state index is 0.179. The summed E-state index contributed by atoms with van der Waals surface area (Å²) in [4.78, 5) is 13.7. The van der Waals surface area contributed by atoms with Crippen LogP contribution in [0.2, 0.25) is 0 Å². The Morgan fingerprint density at radius 2 is 1.84 bits per heavy atom. The predicted molar refractivity (Wildman–Crippen MR) is 74.8 cm³/mol. The minimum Gasteiger partial charge on any atom is -0.444 e. The average molecular weight is 269 g/mol. The molecule has 2 saturated heterocycles. The number of carbonyl (C=O) groups is 1. The zero-order valence-electron chi connectivity index (χ0n) is 12.7. The number of hydrogen-bond donors (Lipinski definition) is 0. The van der Waals surface area contributed by atoms with Gasteiger partial charge in [0.25, 0.3) is 0 Å². The van der Waals surface area contributed by atoms with E-state index in [1.165, 1.54) is 12.8 Å². The second kappa shape index (κ2) is 5.67. The summed E-state index contributed by atoms with van der Waals surface area (Å²) in [5, 5.41) is 4.87. The van der Waals surface area contributed by atoms with Gasteiger partial charge in [-0.05, 0) is 33.6 Å². The lowest BCUT2D eigenvalue weighted by Crippen LogP contribution is -2.64. The maximum atomic E-state index is 11.9. The van der Waals surface area contributed by atoms with Crippen molar-refractivity contribution in [3.05, 3.63) is 0 Å². The summed E-state index contributed by atoms with van der Waals surface area (Å²) in [5.74, 6) is 0. The van der Waals surface area contributed by atoms with E-state index in [0.717, 1.165) is 32.7 Å². The molecule has 0 aromatic rings. The molecule has 2 aliphatic rings. The second-order valence-corrected chi connectivity index (χ2v) is 6.46. The molecule has 0 N–H and O–H groups in total. The SMILES string of the molecule is CCN(C1CN(C(=O)OC(C)(C)C)C1)N1CCCC1. The zero-order chi connectivity index (χ0) is 14.0. The molecule has 0 spiro atoms. The van der Waals surface area contributed by atoms with E-state index in [0.29, 0.717) is 6.04 Å². The Morgan fingerprint density at radius 1 is 1.26 bits per heavy atom. The number of hydrazine groups is 1. The highest BCUT2D eigenvalue weighted by molar-refractivity contribution is 5.69. The summed E-state index contributed by atoms with van der Waals surface area (Å²) in [6.07, 6.45) is 2.40. The fraction of sp³-hybridized carbons (Fsp3) is 0.929. The molecule has 2 fully saturated rings. The molecule has 0 saturated carbocycles. The highest BCUT2D eigenvalue weighted by Gasteiger charge is 2.38. The van der Waals surface area contributed by atoms with Gasteiger partial charge in [0.15, 0.2) is 0 Å². The highest BCUT2D eigenvalue weighted by atomic mass is 16.6. The Balaban J connectivity index is 1.79. The molecule has 0 atom stereocenters. The van der Waals surface area contributed by atoms with Gasteiger partial charge in [-0.3, -0.25) is 0 Å². The molecule has 0 radical (unpaired) electrons. The third-order valence-electron chi connectivity index (χ3n) is 3.71. The highest BCUT2D eigenvalue weighted by Crippen LogP contribution is 2.22. The third-order valence-corrected chi connectivity index (χ3v) is 3.71. The lowest BCUT2D eigenvalue weighted by atomic mass is 10.1. The molecule has 5 nitrogen and oxygen atoms in total. The molecule has 19 heavy (non-hydrogen) atoms. The van der Waals surface area contributed by atoms with Crippen molar-refractivity contribution in [2.24, 2.45) is 0 Å². The standard InChI is InChI=1S/C14H27N3O2/c1-5-17(16-8-6-7-9-16)12-10-15(11-12)13(18)19-14(2,3)4/h12H,5-11H2,1-4H3. The van der Waals surface area contributed by atoms with Gasteiger partial charge in [0.2, 0.25) is 0 Å².